The Morgan fingerprint density at radius 1 is 1.21 bits per heavy atom. The zero-order valence-electron chi connectivity index (χ0n) is 17.3. The van der Waals surface area contributed by atoms with E-state index in [1.807, 2.05) is 37.3 Å². The molecule has 1 atom stereocenters. The molecular formula is C21H28N4O3. The van der Waals surface area contributed by atoms with E-state index >= 15 is 0 Å². The first-order valence-electron chi connectivity index (χ1n) is 9.37. The van der Waals surface area contributed by atoms with Gasteiger partial charge < -0.3 is 24.6 Å². The van der Waals surface area contributed by atoms with Gasteiger partial charge in [-0.3, -0.25) is 4.79 Å². The minimum atomic E-state index is -0.261. The summed E-state index contributed by atoms with van der Waals surface area (Å²) in [6, 6.07) is 9.57. The van der Waals surface area contributed by atoms with Gasteiger partial charge >= 0.3 is 0 Å². The van der Waals surface area contributed by atoms with Gasteiger partial charge in [-0.15, -0.1) is 0 Å². The van der Waals surface area contributed by atoms with Gasteiger partial charge in [0.1, 0.15) is 17.6 Å². The van der Waals surface area contributed by atoms with Gasteiger partial charge in [-0.2, -0.15) is 0 Å². The second-order valence-electron chi connectivity index (χ2n) is 7.21. The number of aromatic nitrogens is 1. The molecule has 1 aromatic heterocycles. The van der Waals surface area contributed by atoms with Crippen molar-refractivity contribution in [3.8, 4) is 5.75 Å². The van der Waals surface area contributed by atoms with Crippen LogP contribution in [0.1, 0.15) is 26.3 Å². The molecule has 150 valence electrons. The molecule has 0 saturated carbocycles. The molecule has 3 rings (SSSR count). The van der Waals surface area contributed by atoms with Crippen LogP contribution < -0.4 is 19.9 Å². The highest BCUT2D eigenvalue weighted by molar-refractivity contribution is 6.04. The summed E-state index contributed by atoms with van der Waals surface area (Å²) in [6.07, 6.45) is 0. The summed E-state index contributed by atoms with van der Waals surface area (Å²) < 4.78 is 10.7. The topological polar surface area (TPSA) is 66.9 Å². The van der Waals surface area contributed by atoms with Crippen LogP contribution >= 0.6 is 0 Å². The van der Waals surface area contributed by atoms with Crippen molar-refractivity contribution in [1.82, 2.24) is 4.98 Å². The number of anilines is 4. The van der Waals surface area contributed by atoms with Crippen LogP contribution in [0, 0.1) is 0 Å². The zero-order valence-corrected chi connectivity index (χ0v) is 17.3. The standard InChI is InChI=1S/C21H28N4O3/c1-13(2)25-14(3)21(26)24(4)17-9-10-19(23-20(17)25)22-16-8-7-15(12-27-5)11-18(16)28-6/h7-11,13-14H,12H2,1-6H3,(H,22,23). The van der Waals surface area contributed by atoms with Crippen LogP contribution in [0.5, 0.6) is 5.75 Å². The number of nitrogens with zero attached hydrogens (tertiary/aromatic N) is 3. The normalized spacial score (nSPS) is 16.4. The predicted octanol–water partition coefficient (Wildman–Crippen LogP) is 3.56. The van der Waals surface area contributed by atoms with Gasteiger partial charge in [0.15, 0.2) is 5.82 Å². The molecule has 1 aliphatic rings. The number of likely N-dealkylation sites (N-methyl/N-ethyl adjacent to an activating group) is 1. The molecule has 0 radical (unpaired) electrons. The lowest BCUT2D eigenvalue weighted by molar-refractivity contribution is -0.119. The van der Waals surface area contributed by atoms with Crippen molar-refractivity contribution < 1.29 is 14.3 Å². The number of hydrogen-bond donors (Lipinski definition) is 1. The SMILES string of the molecule is COCc1ccc(Nc2ccc3c(n2)N(C(C)C)C(C)C(=O)N3C)c(OC)c1. The van der Waals surface area contributed by atoms with Crippen LogP contribution in [0.25, 0.3) is 0 Å². The van der Waals surface area contributed by atoms with Crippen molar-refractivity contribution >= 4 is 28.9 Å². The highest BCUT2D eigenvalue weighted by Crippen LogP contribution is 2.37. The third kappa shape index (κ3) is 3.62. The lowest BCUT2D eigenvalue weighted by Crippen LogP contribution is -2.53. The summed E-state index contributed by atoms with van der Waals surface area (Å²) in [7, 11) is 5.10. The Balaban J connectivity index is 1.97. The Morgan fingerprint density at radius 3 is 2.61 bits per heavy atom. The molecule has 7 nitrogen and oxygen atoms in total. The van der Waals surface area contributed by atoms with Crippen LogP contribution in [0.4, 0.5) is 23.0 Å². The van der Waals surface area contributed by atoms with Crippen LogP contribution in [-0.4, -0.2) is 44.2 Å². The van der Waals surface area contributed by atoms with E-state index < -0.39 is 0 Å². The average molecular weight is 384 g/mol. The monoisotopic (exact) mass is 384 g/mol. The first kappa shape index (κ1) is 19.9. The molecule has 1 N–H and O–H groups in total. The van der Waals surface area contributed by atoms with Crippen molar-refractivity contribution in [2.24, 2.45) is 0 Å². The van der Waals surface area contributed by atoms with E-state index in [9.17, 15) is 4.79 Å². The molecule has 0 saturated heterocycles. The van der Waals surface area contributed by atoms with Crippen molar-refractivity contribution in [3.63, 3.8) is 0 Å². The zero-order chi connectivity index (χ0) is 20.4. The summed E-state index contributed by atoms with van der Waals surface area (Å²) in [5.74, 6) is 2.27. The maximum absolute atomic E-state index is 12.6. The quantitative estimate of drug-likeness (QED) is 0.821. The van der Waals surface area contributed by atoms with E-state index in [0.717, 1.165) is 28.5 Å². The number of carbonyl (C=O) groups excluding carboxylic acids is 1. The van der Waals surface area contributed by atoms with Gasteiger partial charge in [-0.1, -0.05) is 6.07 Å². The number of benzene rings is 1. The maximum Gasteiger partial charge on any atom is 0.249 e. The lowest BCUT2D eigenvalue weighted by Gasteiger charge is -2.41. The summed E-state index contributed by atoms with van der Waals surface area (Å²) >= 11 is 0. The summed E-state index contributed by atoms with van der Waals surface area (Å²) in [5, 5.41) is 3.34. The number of fused-ring (bicyclic) bond motifs is 1. The molecular weight excluding hydrogens is 356 g/mol. The summed E-state index contributed by atoms with van der Waals surface area (Å²) in [4.78, 5) is 21.1. The minimum Gasteiger partial charge on any atom is -0.495 e. The maximum atomic E-state index is 12.6. The number of methoxy groups -OCH3 is 2. The van der Waals surface area contributed by atoms with Gasteiger partial charge in [0, 0.05) is 20.2 Å². The Kier molecular flexibility index (Phi) is 5.74. The van der Waals surface area contributed by atoms with Crippen molar-refractivity contribution in [1.29, 1.82) is 0 Å². The van der Waals surface area contributed by atoms with E-state index in [0.29, 0.717) is 12.4 Å². The summed E-state index contributed by atoms with van der Waals surface area (Å²) in [5.41, 5.74) is 2.66. The van der Waals surface area contributed by atoms with E-state index in [1.54, 1.807) is 26.2 Å². The third-order valence-electron chi connectivity index (χ3n) is 4.96. The van der Waals surface area contributed by atoms with Crippen LogP contribution in [0.15, 0.2) is 30.3 Å². The molecule has 28 heavy (non-hydrogen) atoms. The predicted molar refractivity (Wildman–Crippen MR) is 112 cm³/mol. The number of amides is 1. The molecule has 7 heteroatoms. The number of pyridine rings is 1. The van der Waals surface area contributed by atoms with Crippen LogP contribution in [0.2, 0.25) is 0 Å². The third-order valence-corrected chi connectivity index (χ3v) is 4.96. The highest BCUT2D eigenvalue weighted by atomic mass is 16.5. The smallest absolute Gasteiger partial charge is 0.249 e. The molecule has 0 bridgehead atoms. The van der Waals surface area contributed by atoms with Crippen molar-refractivity contribution in [2.75, 3.05) is 36.4 Å². The molecule has 1 aliphatic heterocycles. The Bertz CT molecular complexity index is 869. The van der Waals surface area contributed by atoms with E-state index in [2.05, 4.69) is 24.1 Å². The fourth-order valence-electron chi connectivity index (χ4n) is 3.59. The highest BCUT2D eigenvalue weighted by Gasteiger charge is 2.36. The van der Waals surface area contributed by atoms with Gasteiger partial charge in [0.2, 0.25) is 5.91 Å². The molecule has 0 aliphatic carbocycles. The summed E-state index contributed by atoms with van der Waals surface area (Å²) in [6.45, 7) is 6.58. The van der Waals surface area contributed by atoms with Gasteiger partial charge in [-0.25, -0.2) is 4.98 Å². The minimum absolute atomic E-state index is 0.0686. The van der Waals surface area contributed by atoms with Gasteiger partial charge in [0.25, 0.3) is 0 Å². The number of nitrogens with one attached hydrogen (secondary N) is 1. The first-order valence-corrected chi connectivity index (χ1v) is 9.37. The number of hydrogen-bond acceptors (Lipinski definition) is 6. The molecule has 1 unspecified atom stereocenters. The first-order chi connectivity index (χ1) is 13.4. The number of rotatable bonds is 6. The Hall–Kier alpha value is -2.80. The second-order valence-corrected chi connectivity index (χ2v) is 7.21. The fraction of sp³-hybridized carbons (Fsp3) is 0.429. The fourth-order valence-corrected chi connectivity index (χ4v) is 3.59. The Labute approximate surface area is 166 Å². The van der Waals surface area contributed by atoms with Crippen LogP contribution in [-0.2, 0) is 16.1 Å². The lowest BCUT2D eigenvalue weighted by atomic mass is 10.1. The van der Waals surface area contributed by atoms with Gasteiger partial charge in [-0.05, 0) is 50.6 Å². The molecule has 0 fully saturated rings. The van der Waals surface area contributed by atoms with Crippen molar-refractivity contribution in [3.05, 3.63) is 35.9 Å². The number of ether oxygens (including phenoxy) is 2. The van der Waals surface area contributed by atoms with E-state index in [-0.39, 0.29) is 18.0 Å². The molecule has 1 aromatic carbocycles. The molecule has 2 heterocycles. The molecule has 2 aromatic rings. The van der Waals surface area contributed by atoms with Gasteiger partial charge in [0.05, 0.1) is 25.1 Å². The largest absolute Gasteiger partial charge is 0.495 e. The Morgan fingerprint density at radius 2 is 1.96 bits per heavy atom. The average Bonchev–Trinajstić information content (AvgIpc) is 2.67. The van der Waals surface area contributed by atoms with Crippen LogP contribution in [0.3, 0.4) is 0 Å². The second kappa shape index (κ2) is 8.06. The molecule has 1 amide bonds. The van der Waals surface area contributed by atoms with E-state index in [4.69, 9.17) is 14.5 Å². The molecule has 0 spiro atoms. The van der Waals surface area contributed by atoms with E-state index in [1.165, 1.54) is 0 Å². The van der Waals surface area contributed by atoms with Crippen molar-refractivity contribution in [2.45, 2.75) is 39.5 Å². The number of carbonyl (C=O) groups is 1.